The molecular weight excluding hydrogens is 268 g/mol. The van der Waals surface area contributed by atoms with Crippen molar-refractivity contribution in [2.24, 2.45) is 11.3 Å². The van der Waals surface area contributed by atoms with Crippen molar-refractivity contribution in [2.75, 3.05) is 0 Å². The van der Waals surface area contributed by atoms with E-state index < -0.39 is 9.04 Å². The maximum Gasteiger partial charge on any atom is 0.303 e. The topological polar surface area (TPSA) is 35.5 Å². The minimum absolute atomic E-state index is 0.0189. The standard InChI is InChI=1S/C16H30O3Si/c1-12(17)18-14(13-10-8-7-9-11-13)15(16(2,3)4)19-20(5)6/h7-8,13-15,20H,9-11H2,1-6H3. The second kappa shape index (κ2) is 7.41. The van der Waals surface area contributed by atoms with E-state index in [2.05, 4.69) is 46.0 Å². The second-order valence-corrected chi connectivity index (χ2v) is 9.46. The van der Waals surface area contributed by atoms with Crippen molar-refractivity contribution in [3.05, 3.63) is 12.2 Å². The zero-order chi connectivity index (χ0) is 15.3. The Kier molecular flexibility index (Phi) is 6.46. The predicted octanol–water partition coefficient (Wildman–Crippen LogP) is 3.69. The predicted molar refractivity (Wildman–Crippen MR) is 85.2 cm³/mol. The summed E-state index contributed by atoms with van der Waals surface area (Å²) >= 11 is 0. The molecule has 1 aliphatic rings. The molecule has 0 aromatic rings. The Hall–Kier alpha value is -0.613. The van der Waals surface area contributed by atoms with E-state index in [1.165, 1.54) is 6.92 Å². The first kappa shape index (κ1) is 17.4. The number of carbonyl (C=O) groups excluding carboxylic acids is 1. The third kappa shape index (κ3) is 5.41. The molecule has 0 N–H and O–H groups in total. The Morgan fingerprint density at radius 1 is 1.30 bits per heavy atom. The number of hydrogen-bond donors (Lipinski definition) is 0. The van der Waals surface area contributed by atoms with Crippen LogP contribution in [0.2, 0.25) is 13.1 Å². The quantitative estimate of drug-likeness (QED) is 0.441. The molecule has 0 radical (unpaired) electrons. The summed E-state index contributed by atoms with van der Waals surface area (Å²) in [5, 5.41) is 0. The maximum absolute atomic E-state index is 11.5. The first-order valence-corrected chi connectivity index (χ1v) is 10.5. The lowest BCUT2D eigenvalue weighted by molar-refractivity contribution is -0.161. The van der Waals surface area contributed by atoms with Gasteiger partial charge in [-0.25, -0.2) is 0 Å². The molecule has 116 valence electrons. The van der Waals surface area contributed by atoms with Crippen molar-refractivity contribution in [2.45, 2.75) is 72.3 Å². The van der Waals surface area contributed by atoms with E-state index in [0.29, 0.717) is 5.92 Å². The average molecular weight is 298 g/mol. The molecule has 0 aliphatic heterocycles. The summed E-state index contributed by atoms with van der Waals surface area (Å²) in [6.45, 7) is 12.4. The Bertz CT molecular complexity index is 344. The van der Waals surface area contributed by atoms with E-state index >= 15 is 0 Å². The molecule has 0 spiro atoms. The number of esters is 1. The molecule has 3 nitrogen and oxygen atoms in total. The smallest absolute Gasteiger partial charge is 0.303 e. The van der Waals surface area contributed by atoms with Gasteiger partial charge in [-0.1, -0.05) is 32.9 Å². The van der Waals surface area contributed by atoms with Gasteiger partial charge in [0.05, 0.1) is 6.10 Å². The lowest BCUT2D eigenvalue weighted by Crippen LogP contribution is -2.48. The minimum atomic E-state index is -1.19. The van der Waals surface area contributed by atoms with Crippen LogP contribution in [0.15, 0.2) is 12.2 Å². The fourth-order valence-corrected chi connectivity index (χ4v) is 3.93. The SMILES string of the molecule is CC(=O)OC(C1CC=CCC1)C(O[SiH](C)C)C(C)(C)C. The maximum atomic E-state index is 11.5. The summed E-state index contributed by atoms with van der Waals surface area (Å²) in [5.41, 5.74) is -0.0292. The Balaban J connectivity index is 2.96. The molecule has 4 heteroatoms. The van der Waals surface area contributed by atoms with E-state index in [1.807, 2.05) is 0 Å². The lowest BCUT2D eigenvalue weighted by Gasteiger charge is -2.41. The molecule has 0 fully saturated rings. The molecule has 1 aliphatic carbocycles. The van der Waals surface area contributed by atoms with Crippen LogP contribution in [0.1, 0.15) is 47.0 Å². The highest BCUT2D eigenvalue weighted by atomic mass is 28.3. The van der Waals surface area contributed by atoms with Crippen molar-refractivity contribution in [1.82, 2.24) is 0 Å². The molecule has 20 heavy (non-hydrogen) atoms. The van der Waals surface area contributed by atoms with Crippen LogP contribution >= 0.6 is 0 Å². The third-order valence-corrected chi connectivity index (χ3v) is 4.48. The van der Waals surface area contributed by atoms with Crippen LogP contribution in [0, 0.1) is 11.3 Å². The number of carbonyl (C=O) groups is 1. The third-order valence-electron chi connectivity index (χ3n) is 3.65. The van der Waals surface area contributed by atoms with E-state index in [0.717, 1.165) is 19.3 Å². The second-order valence-electron chi connectivity index (χ2n) is 7.09. The number of rotatable bonds is 5. The molecule has 1 rings (SSSR count). The molecule has 3 atom stereocenters. The van der Waals surface area contributed by atoms with Gasteiger partial charge in [-0.05, 0) is 37.8 Å². The Morgan fingerprint density at radius 3 is 2.35 bits per heavy atom. The van der Waals surface area contributed by atoms with Crippen LogP contribution in [0.25, 0.3) is 0 Å². The van der Waals surface area contributed by atoms with Crippen molar-refractivity contribution in [3.63, 3.8) is 0 Å². The zero-order valence-corrected chi connectivity index (χ0v) is 15.0. The fourth-order valence-electron chi connectivity index (χ4n) is 2.78. The van der Waals surface area contributed by atoms with Crippen LogP contribution in [0.4, 0.5) is 0 Å². The summed E-state index contributed by atoms with van der Waals surface area (Å²) < 4.78 is 12.0. The highest BCUT2D eigenvalue weighted by Gasteiger charge is 2.40. The normalized spacial score (nSPS) is 22.6. The van der Waals surface area contributed by atoms with Gasteiger partial charge in [-0.2, -0.15) is 0 Å². The van der Waals surface area contributed by atoms with E-state index in [4.69, 9.17) is 9.16 Å². The Morgan fingerprint density at radius 2 is 1.95 bits per heavy atom. The van der Waals surface area contributed by atoms with Gasteiger partial charge in [0, 0.05) is 12.8 Å². The van der Waals surface area contributed by atoms with E-state index in [1.54, 1.807) is 0 Å². The summed E-state index contributed by atoms with van der Waals surface area (Å²) in [4.78, 5) is 11.5. The van der Waals surface area contributed by atoms with Crippen LogP contribution in [-0.2, 0) is 14.0 Å². The largest absolute Gasteiger partial charge is 0.460 e. The van der Waals surface area contributed by atoms with Gasteiger partial charge in [-0.3, -0.25) is 4.79 Å². The number of allylic oxidation sites excluding steroid dienone is 2. The number of hydrogen-bond acceptors (Lipinski definition) is 3. The van der Waals surface area contributed by atoms with Gasteiger partial charge >= 0.3 is 5.97 Å². The molecule has 0 bridgehead atoms. The van der Waals surface area contributed by atoms with Crippen molar-refractivity contribution in [3.8, 4) is 0 Å². The molecule has 0 aromatic carbocycles. The van der Waals surface area contributed by atoms with Crippen LogP contribution in [0.3, 0.4) is 0 Å². The molecule has 0 heterocycles. The highest BCUT2D eigenvalue weighted by molar-refractivity contribution is 6.48. The first-order valence-electron chi connectivity index (χ1n) is 7.69. The van der Waals surface area contributed by atoms with Gasteiger partial charge in [0.15, 0.2) is 9.04 Å². The molecule has 0 amide bonds. The molecule has 0 saturated heterocycles. The Labute approximate surface area is 125 Å². The summed E-state index contributed by atoms with van der Waals surface area (Å²) in [6.07, 6.45) is 7.39. The minimum Gasteiger partial charge on any atom is -0.460 e. The van der Waals surface area contributed by atoms with Crippen LogP contribution in [0.5, 0.6) is 0 Å². The van der Waals surface area contributed by atoms with Gasteiger partial charge in [-0.15, -0.1) is 0 Å². The zero-order valence-electron chi connectivity index (χ0n) is 13.8. The average Bonchev–Trinajstić information content (AvgIpc) is 2.33. The fraction of sp³-hybridized carbons (Fsp3) is 0.812. The molecule has 0 aromatic heterocycles. The van der Waals surface area contributed by atoms with Gasteiger partial charge in [0.25, 0.3) is 0 Å². The highest BCUT2D eigenvalue weighted by Crippen LogP contribution is 2.35. The van der Waals surface area contributed by atoms with Crippen LogP contribution in [-0.4, -0.2) is 27.2 Å². The first-order chi connectivity index (χ1) is 9.21. The van der Waals surface area contributed by atoms with E-state index in [9.17, 15) is 4.79 Å². The van der Waals surface area contributed by atoms with E-state index in [-0.39, 0.29) is 23.6 Å². The molecule has 3 unspecified atom stereocenters. The monoisotopic (exact) mass is 298 g/mol. The summed E-state index contributed by atoms with van der Waals surface area (Å²) in [7, 11) is -1.19. The number of ether oxygens (including phenoxy) is 1. The van der Waals surface area contributed by atoms with Gasteiger partial charge in [0.2, 0.25) is 0 Å². The van der Waals surface area contributed by atoms with Crippen molar-refractivity contribution in [1.29, 1.82) is 0 Å². The van der Waals surface area contributed by atoms with Crippen molar-refractivity contribution >= 4 is 15.0 Å². The molecule has 0 saturated carbocycles. The molecular formula is C16H30O3Si. The van der Waals surface area contributed by atoms with Crippen LogP contribution < -0.4 is 0 Å². The van der Waals surface area contributed by atoms with Gasteiger partial charge < -0.3 is 9.16 Å². The lowest BCUT2D eigenvalue weighted by atomic mass is 9.78. The van der Waals surface area contributed by atoms with Gasteiger partial charge in [0.1, 0.15) is 6.10 Å². The summed E-state index contributed by atoms with van der Waals surface area (Å²) in [5.74, 6) is 0.175. The van der Waals surface area contributed by atoms with Crippen molar-refractivity contribution < 1.29 is 14.0 Å². The summed E-state index contributed by atoms with van der Waals surface area (Å²) in [6, 6.07) is 0.